The predicted molar refractivity (Wildman–Crippen MR) is 106 cm³/mol. The predicted octanol–water partition coefficient (Wildman–Crippen LogP) is 2.17. The van der Waals surface area contributed by atoms with Gasteiger partial charge in [-0.1, -0.05) is 30.3 Å². The number of carbonyl (C=O) groups excluding carboxylic acids is 2. The van der Waals surface area contributed by atoms with Gasteiger partial charge in [0.1, 0.15) is 5.82 Å². The van der Waals surface area contributed by atoms with E-state index in [0.29, 0.717) is 10.9 Å². The molecular weight excluding hydrogens is 375 g/mol. The minimum Gasteiger partial charge on any atom is -0.352 e. The Bertz CT molecular complexity index is 1170. The Morgan fingerprint density at radius 3 is 2.86 bits per heavy atom. The number of nitrogens with zero attached hydrogens (tertiary/aromatic N) is 2. The molecule has 8 heteroatoms. The van der Waals surface area contributed by atoms with Crippen molar-refractivity contribution in [3.8, 4) is 0 Å². The monoisotopic (exact) mass is 394 g/mol. The summed E-state index contributed by atoms with van der Waals surface area (Å²) < 4.78 is 15.1. The van der Waals surface area contributed by atoms with Crippen molar-refractivity contribution in [1.82, 2.24) is 15.1 Å². The van der Waals surface area contributed by atoms with E-state index >= 15 is 0 Å². The summed E-state index contributed by atoms with van der Waals surface area (Å²) in [5, 5.41) is 10.7. The molecule has 2 N–H and O–H groups in total. The molecule has 148 valence electrons. The molecule has 0 bridgehead atoms. The molecule has 0 radical (unpaired) electrons. The van der Waals surface area contributed by atoms with E-state index in [1.807, 2.05) is 12.1 Å². The van der Waals surface area contributed by atoms with Crippen LogP contribution < -0.4 is 16.2 Å². The van der Waals surface area contributed by atoms with Crippen LogP contribution in [0.4, 0.5) is 10.1 Å². The molecule has 0 saturated heterocycles. The van der Waals surface area contributed by atoms with Crippen LogP contribution in [0.2, 0.25) is 0 Å². The van der Waals surface area contributed by atoms with Crippen LogP contribution in [0.3, 0.4) is 0 Å². The Morgan fingerprint density at radius 2 is 2.03 bits per heavy atom. The van der Waals surface area contributed by atoms with E-state index in [1.165, 1.54) is 16.8 Å². The van der Waals surface area contributed by atoms with Crippen molar-refractivity contribution in [2.45, 2.75) is 31.8 Å². The van der Waals surface area contributed by atoms with E-state index in [-0.39, 0.29) is 36.2 Å². The number of benzene rings is 2. The SMILES string of the molecule is CC(Cn1ncc2ccccc2c1=O)NC(=O)CC1C(=O)Nc2c(F)cccc21. The number of anilines is 1. The summed E-state index contributed by atoms with van der Waals surface area (Å²) in [6.07, 6.45) is 1.51. The van der Waals surface area contributed by atoms with Crippen molar-refractivity contribution >= 4 is 28.3 Å². The Morgan fingerprint density at radius 1 is 1.24 bits per heavy atom. The van der Waals surface area contributed by atoms with Crippen LogP contribution in [0.1, 0.15) is 24.8 Å². The minimum absolute atomic E-state index is 0.104. The van der Waals surface area contributed by atoms with Crippen molar-refractivity contribution in [2.24, 2.45) is 0 Å². The van der Waals surface area contributed by atoms with Gasteiger partial charge in [-0.15, -0.1) is 0 Å². The molecule has 1 aliphatic rings. The molecule has 0 aliphatic carbocycles. The number of rotatable bonds is 5. The van der Waals surface area contributed by atoms with Gasteiger partial charge in [-0.25, -0.2) is 9.07 Å². The van der Waals surface area contributed by atoms with Crippen LogP contribution >= 0.6 is 0 Å². The molecule has 0 fully saturated rings. The first kappa shape index (κ1) is 18.8. The van der Waals surface area contributed by atoms with Gasteiger partial charge >= 0.3 is 0 Å². The molecule has 2 aromatic carbocycles. The molecule has 1 aromatic heterocycles. The lowest BCUT2D eigenvalue weighted by Crippen LogP contribution is -2.39. The van der Waals surface area contributed by atoms with E-state index in [0.717, 1.165) is 5.39 Å². The van der Waals surface area contributed by atoms with Gasteiger partial charge in [0.2, 0.25) is 11.8 Å². The molecule has 2 amide bonds. The van der Waals surface area contributed by atoms with Crippen LogP contribution in [0.5, 0.6) is 0 Å². The van der Waals surface area contributed by atoms with Crippen LogP contribution in [-0.4, -0.2) is 27.6 Å². The zero-order valence-corrected chi connectivity index (χ0v) is 15.7. The lowest BCUT2D eigenvalue weighted by Gasteiger charge is -2.16. The maximum atomic E-state index is 13.8. The highest BCUT2D eigenvalue weighted by Crippen LogP contribution is 2.36. The molecule has 3 aromatic rings. The summed E-state index contributed by atoms with van der Waals surface area (Å²) in [5.74, 6) is -2.02. The normalized spacial score (nSPS) is 16.3. The zero-order chi connectivity index (χ0) is 20.5. The Kier molecular flexibility index (Phi) is 4.84. The minimum atomic E-state index is -0.741. The third-order valence-electron chi connectivity index (χ3n) is 4.99. The van der Waals surface area contributed by atoms with Crippen molar-refractivity contribution in [1.29, 1.82) is 0 Å². The van der Waals surface area contributed by atoms with Crippen molar-refractivity contribution < 1.29 is 14.0 Å². The van der Waals surface area contributed by atoms with E-state index in [4.69, 9.17) is 0 Å². The smallest absolute Gasteiger partial charge is 0.274 e. The highest BCUT2D eigenvalue weighted by Gasteiger charge is 2.34. The molecule has 2 atom stereocenters. The summed E-state index contributed by atoms with van der Waals surface area (Å²) in [7, 11) is 0. The van der Waals surface area contributed by atoms with Gasteiger partial charge in [-0.2, -0.15) is 5.10 Å². The van der Waals surface area contributed by atoms with E-state index in [9.17, 15) is 18.8 Å². The van der Waals surface area contributed by atoms with E-state index in [2.05, 4.69) is 15.7 Å². The standard InChI is InChI=1S/C21H19FN4O3/c1-12(11-26-21(29)14-6-3-2-5-13(14)10-23-26)24-18(27)9-16-15-7-4-8-17(22)19(15)25-20(16)28/h2-8,10,12,16H,9,11H2,1H3,(H,24,27)(H,25,28). The van der Waals surface area contributed by atoms with Gasteiger partial charge in [0, 0.05) is 17.8 Å². The summed E-state index contributed by atoms with van der Waals surface area (Å²) in [5.41, 5.74) is 0.379. The molecule has 1 aliphatic heterocycles. The second kappa shape index (κ2) is 7.46. The van der Waals surface area contributed by atoms with Gasteiger partial charge in [-0.05, 0) is 24.6 Å². The Balaban J connectivity index is 1.43. The van der Waals surface area contributed by atoms with E-state index < -0.39 is 17.6 Å². The van der Waals surface area contributed by atoms with Crippen LogP contribution in [0.25, 0.3) is 10.8 Å². The van der Waals surface area contributed by atoms with Crippen LogP contribution in [-0.2, 0) is 16.1 Å². The molecule has 2 heterocycles. The zero-order valence-electron chi connectivity index (χ0n) is 15.7. The highest BCUT2D eigenvalue weighted by atomic mass is 19.1. The van der Waals surface area contributed by atoms with Gasteiger partial charge in [0.15, 0.2) is 0 Å². The molecule has 0 spiro atoms. The van der Waals surface area contributed by atoms with Crippen molar-refractivity contribution in [2.75, 3.05) is 5.32 Å². The number of fused-ring (bicyclic) bond motifs is 2. The van der Waals surface area contributed by atoms with Crippen molar-refractivity contribution in [3.63, 3.8) is 0 Å². The molecule has 2 unspecified atom stereocenters. The first-order chi connectivity index (χ1) is 13.9. The number of aromatic nitrogens is 2. The maximum Gasteiger partial charge on any atom is 0.274 e. The number of nitrogens with one attached hydrogen (secondary N) is 2. The summed E-state index contributed by atoms with van der Waals surface area (Å²) in [6, 6.07) is 11.2. The third-order valence-corrected chi connectivity index (χ3v) is 4.99. The molecule has 0 saturated carbocycles. The summed E-state index contributed by atoms with van der Waals surface area (Å²) in [6.45, 7) is 1.95. The topological polar surface area (TPSA) is 93.1 Å². The first-order valence-corrected chi connectivity index (χ1v) is 9.27. The average Bonchev–Trinajstić information content (AvgIpc) is 3.01. The maximum absolute atomic E-state index is 13.8. The lowest BCUT2D eigenvalue weighted by molar-refractivity contribution is -0.125. The second-order valence-electron chi connectivity index (χ2n) is 7.14. The number of hydrogen-bond donors (Lipinski definition) is 2. The third kappa shape index (κ3) is 3.61. The number of halogens is 1. The fraction of sp³-hybridized carbons (Fsp3) is 0.238. The Hall–Kier alpha value is -3.55. The van der Waals surface area contributed by atoms with E-state index in [1.54, 1.807) is 31.3 Å². The van der Waals surface area contributed by atoms with Gasteiger partial charge in [-0.3, -0.25) is 14.4 Å². The molecule has 29 heavy (non-hydrogen) atoms. The van der Waals surface area contributed by atoms with Crippen molar-refractivity contribution in [3.05, 3.63) is 70.4 Å². The fourth-order valence-corrected chi connectivity index (χ4v) is 3.60. The largest absolute Gasteiger partial charge is 0.352 e. The molecule has 4 rings (SSSR count). The van der Waals surface area contributed by atoms with Crippen LogP contribution in [0.15, 0.2) is 53.5 Å². The van der Waals surface area contributed by atoms with Gasteiger partial charge in [0.25, 0.3) is 5.56 Å². The first-order valence-electron chi connectivity index (χ1n) is 9.27. The quantitative estimate of drug-likeness (QED) is 0.694. The number of hydrogen-bond acceptors (Lipinski definition) is 4. The summed E-state index contributed by atoms with van der Waals surface area (Å²) in [4.78, 5) is 37.1. The van der Waals surface area contributed by atoms with Gasteiger partial charge in [0.05, 0.1) is 29.7 Å². The Labute approximate surface area is 165 Å². The van der Waals surface area contributed by atoms with Crippen LogP contribution in [0, 0.1) is 5.82 Å². The van der Waals surface area contributed by atoms with Gasteiger partial charge < -0.3 is 10.6 Å². The summed E-state index contributed by atoms with van der Waals surface area (Å²) >= 11 is 0. The number of carbonyl (C=O) groups is 2. The number of para-hydroxylation sites is 1. The molecule has 7 nitrogen and oxygen atoms in total. The fourth-order valence-electron chi connectivity index (χ4n) is 3.60. The highest BCUT2D eigenvalue weighted by molar-refractivity contribution is 6.05. The molecular formula is C21H19FN4O3. The average molecular weight is 394 g/mol. The number of amides is 2. The lowest BCUT2D eigenvalue weighted by atomic mass is 9.96. The second-order valence-corrected chi connectivity index (χ2v) is 7.14.